The van der Waals surface area contributed by atoms with Gasteiger partial charge in [0.2, 0.25) is 0 Å². The Morgan fingerprint density at radius 2 is 2.25 bits per heavy atom. The van der Waals surface area contributed by atoms with Crippen LogP contribution in [0.1, 0.15) is 32.6 Å². The van der Waals surface area contributed by atoms with Gasteiger partial charge in [0, 0.05) is 12.6 Å². The zero-order valence-corrected chi connectivity index (χ0v) is 7.96. The number of likely N-dealkylation sites (tertiary alicyclic amines) is 1. The van der Waals surface area contributed by atoms with Gasteiger partial charge in [-0.05, 0) is 32.7 Å². The van der Waals surface area contributed by atoms with Crippen LogP contribution in [0.2, 0.25) is 0 Å². The number of epoxide rings is 1. The number of hydrogen-bond acceptors (Lipinski definition) is 2. The van der Waals surface area contributed by atoms with Gasteiger partial charge in [-0.3, -0.25) is 0 Å². The van der Waals surface area contributed by atoms with E-state index in [1.807, 2.05) is 0 Å². The van der Waals surface area contributed by atoms with Crippen LogP contribution in [0.25, 0.3) is 0 Å². The molecule has 2 nitrogen and oxygen atoms in total. The molecule has 0 amide bonds. The standard InChI is InChI=1S/C10H19NO/c1-9-4-2-3-6-11(9)7-5-10-8-12-10/h9-10H,2-8H2,1H3. The van der Waals surface area contributed by atoms with Crippen molar-refractivity contribution in [1.82, 2.24) is 4.90 Å². The second kappa shape index (κ2) is 3.75. The van der Waals surface area contributed by atoms with Crippen molar-refractivity contribution in [3.63, 3.8) is 0 Å². The van der Waals surface area contributed by atoms with Gasteiger partial charge < -0.3 is 9.64 Å². The maximum atomic E-state index is 5.21. The van der Waals surface area contributed by atoms with Crippen molar-refractivity contribution in [1.29, 1.82) is 0 Å². The second-order valence-electron chi connectivity index (χ2n) is 4.12. The molecular formula is C10H19NO. The van der Waals surface area contributed by atoms with Gasteiger partial charge in [0.15, 0.2) is 0 Å². The van der Waals surface area contributed by atoms with Crippen LogP contribution in [0.3, 0.4) is 0 Å². The van der Waals surface area contributed by atoms with E-state index in [1.54, 1.807) is 0 Å². The Morgan fingerprint density at radius 3 is 2.92 bits per heavy atom. The van der Waals surface area contributed by atoms with E-state index in [2.05, 4.69) is 11.8 Å². The highest BCUT2D eigenvalue weighted by Crippen LogP contribution is 2.19. The van der Waals surface area contributed by atoms with Crippen LogP contribution >= 0.6 is 0 Å². The lowest BCUT2D eigenvalue weighted by Crippen LogP contribution is -2.38. The molecule has 2 heteroatoms. The molecule has 12 heavy (non-hydrogen) atoms. The van der Waals surface area contributed by atoms with Crippen molar-refractivity contribution in [2.45, 2.75) is 44.8 Å². The molecule has 70 valence electrons. The summed E-state index contributed by atoms with van der Waals surface area (Å²) in [6, 6.07) is 0.817. The molecule has 0 saturated carbocycles. The number of hydrogen-bond donors (Lipinski definition) is 0. The third-order valence-corrected chi connectivity index (χ3v) is 3.08. The van der Waals surface area contributed by atoms with Gasteiger partial charge in [-0.15, -0.1) is 0 Å². The molecule has 0 bridgehead atoms. The molecule has 0 aliphatic carbocycles. The van der Waals surface area contributed by atoms with E-state index in [0.717, 1.165) is 12.6 Å². The van der Waals surface area contributed by atoms with Gasteiger partial charge >= 0.3 is 0 Å². The number of nitrogens with zero attached hydrogens (tertiary/aromatic N) is 1. The third-order valence-electron chi connectivity index (χ3n) is 3.08. The van der Waals surface area contributed by atoms with Crippen molar-refractivity contribution in [3.8, 4) is 0 Å². The van der Waals surface area contributed by atoms with Crippen LogP contribution in [0, 0.1) is 0 Å². The van der Waals surface area contributed by atoms with Crippen molar-refractivity contribution < 1.29 is 4.74 Å². The first-order valence-electron chi connectivity index (χ1n) is 5.22. The Kier molecular flexibility index (Phi) is 2.66. The van der Waals surface area contributed by atoms with E-state index in [0.29, 0.717) is 6.10 Å². The summed E-state index contributed by atoms with van der Waals surface area (Å²) in [5.74, 6) is 0. The lowest BCUT2D eigenvalue weighted by molar-refractivity contribution is 0.154. The van der Waals surface area contributed by atoms with E-state index in [-0.39, 0.29) is 0 Å². The van der Waals surface area contributed by atoms with Gasteiger partial charge in [-0.2, -0.15) is 0 Å². The molecule has 0 aromatic rings. The van der Waals surface area contributed by atoms with E-state index in [1.165, 1.54) is 38.8 Å². The zero-order valence-electron chi connectivity index (χ0n) is 7.96. The average Bonchev–Trinajstić information content (AvgIpc) is 2.86. The molecule has 0 N–H and O–H groups in total. The lowest BCUT2D eigenvalue weighted by Gasteiger charge is -2.33. The minimum absolute atomic E-state index is 0.610. The molecule has 2 rings (SSSR count). The Morgan fingerprint density at radius 1 is 1.42 bits per heavy atom. The Labute approximate surface area is 74.9 Å². The molecule has 0 aromatic heterocycles. The first-order valence-corrected chi connectivity index (χ1v) is 5.22. The first kappa shape index (κ1) is 8.52. The van der Waals surface area contributed by atoms with Crippen LogP contribution in [-0.2, 0) is 4.74 Å². The highest BCUT2D eigenvalue weighted by Gasteiger charge is 2.25. The quantitative estimate of drug-likeness (QED) is 0.597. The number of piperidine rings is 1. The van der Waals surface area contributed by atoms with E-state index < -0.39 is 0 Å². The summed E-state index contributed by atoms with van der Waals surface area (Å²) in [6.07, 6.45) is 6.09. The summed E-state index contributed by atoms with van der Waals surface area (Å²) in [4.78, 5) is 2.62. The molecule has 2 saturated heterocycles. The predicted octanol–water partition coefficient (Wildman–Crippen LogP) is 1.65. The maximum Gasteiger partial charge on any atom is 0.0822 e. The van der Waals surface area contributed by atoms with Crippen LogP contribution in [0.4, 0.5) is 0 Å². The molecule has 0 spiro atoms. The number of rotatable bonds is 3. The minimum atomic E-state index is 0.610. The summed E-state index contributed by atoms with van der Waals surface area (Å²) >= 11 is 0. The lowest BCUT2D eigenvalue weighted by atomic mass is 10.0. The molecule has 0 aromatic carbocycles. The van der Waals surface area contributed by atoms with Gasteiger partial charge in [-0.25, -0.2) is 0 Å². The summed E-state index contributed by atoms with van der Waals surface area (Å²) in [7, 11) is 0. The van der Waals surface area contributed by atoms with Crippen LogP contribution in [-0.4, -0.2) is 36.7 Å². The predicted molar refractivity (Wildman–Crippen MR) is 49.2 cm³/mol. The minimum Gasteiger partial charge on any atom is -0.373 e. The summed E-state index contributed by atoms with van der Waals surface area (Å²) in [5, 5.41) is 0. The molecule has 2 aliphatic heterocycles. The van der Waals surface area contributed by atoms with Gasteiger partial charge in [0.25, 0.3) is 0 Å². The fourth-order valence-electron chi connectivity index (χ4n) is 2.03. The molecular weight excluding hydrogens is 150 g/mol. The highest BCUT2D eigenvalue weighted by molar-refractivity contribution is 4.76. The fourth-order valence-corrected chi connectivity index (χ4v) is 2.03. The SMILES string of the molecule is CC1CCCCN1CCC1CO1. The smallest absolute Gasteiger partial charge is 0.0822 e. The molecule has 2 unspecified atom stereocenters. The van der Waals surface area contributed by atoms with E-state index in [4.69, 9.17) is 4.74 Å². The molecule has 0 radical (unpaired) electrons. The van der Waals surface area contributed by atoms with Crippen molar-refractivity contribution >= 4 is 0 Å². The van der Waals surface area contributed by atoms with Crippen molar-refractivity contribution in [2.24, 2.45) is 0 Å². The van der Waals surface area contributed by atoms with Crippen molar-refractivity contribution in [2.75, 3.05) is 19.7 Å². The normalized spacial score (nSPS) is 36.8. The molecule has 2 fully saturated rings. The van der Waals surface area contributed by atoms with Crippen LogP contribution in [0.15, 0.2) is 0 Å². The maximum absolute atomic E-state index is 5.21. The third kappa shape index (κ3) is 2.20. The van der Waals surface area contributed by atoms with Crippen LogP contribution < -0.4 is 0 Å². The monoisotopic (exact) mass is 169 g/mol. The van der Waals surface area contributed by atoms with Crippen molar-refractivity contribution in [3.05, 3.63) is 0 Å². The Balaban J connectivity index is 1.68. The van der Waals surface area contributed by atoms with Gasteiger partial charge in [-0.1, -0.05) is 6.42 Å². The Hall–Kier alpha value is -0.0800. The summed E-state index contributed by atoms with van der Waals surface area (Å²) in [6.45, 7) is 5.94. The Bertz CT molecular complexity index is 145. The summed E-state index contributed by atoms with van der Waals surface area (Å²) in [5.41, 5.74) is 0. The zero-order chi connectivity index (χ0) is 8.39. The first-order chi connectivity index (χ1) is 5.86. The van der Waals surface area contributed by atoms with Gasteiger partial charge in [0.05, 0.1) is 12.7 Å². The van der Waals surface area contributed by atoms with Gasteiger partial charge in [0.1, 0.15) is 0 Å². The van der Waals surface area contributed by atoms with E-state index in [9.17, 15) is 0 Å². The largest absolute Gasteiger partial charge is 0.373 e. The highest BCUT2D eigenvalue weighted by atomic mass is 16.6. The van der Waals surface area contributed by atoms with Crippen LogP contribution in [0.5, 0.6) is 0 Å². The molecule has 2 atom stereocenters. The molecule has 2 heterocycles. The summed E-state index contributed by atoms with van der Waals surface area (Å²) < 4.78 is 5.21. The second-order valence-corrected chi connectivity index (χ2v) is 4.12. The average molecular weight is 169 g/mol. The topological polar surface area (TPSA) is 15.8 Å². The van der Waals surface area contributed by atoms with E-state index >= 15 is 0 Å². The fraction of sp³-hybridized carbons (Fsp3) is 1.00. The number of ether oxygens (including phenoxy) is 1. The molecule has 2 aliphatic rings.